The summed E-state index contributed by atoms with van der Waals surface area (Å²) in [5.41, 5.74) is 0. The van der Waals surface area contributed by atoms with Crippen molar-refractivity contribution in [1.82, 2.24) is 10.2 Å². The lowest BCUT2D eigenvalue weighted by Crippen LogP contribution is -2.39. The second-order valence-electron chi connectivity index (χ2n) is 5.28. The number of aliphatic imine (C=N–C) groups is 1. The Morgan fingerprint density at radius 2 is 2.00 bits per heavy atom. The fourth-order valence-electron chi connectivity index (χ4n) is 1.90. The Kier molecular flexibility index (Phi) is 11.0. The van der Waals surface area contributed by atoms with Crippen molar-refractivity contribution in [3.05, 3.63) is 12.7 Å². The molecular formula is C15H31N3O2S. The van der Waals surface area contributed by atoms with Crippen LogP contribution in [0.2, 0.25) is 0 Å². The quantitative estimate of drug-likeness (QED) is 0.274. The van der Waals surface area contributed by atoms with Gasteiger partial charge in [0.1, 0.15) is 9.84 Å². The van der Waals surface area contributed by atoms with E-state index in [-0.39, 0.29) is 5.75 Å². The largest absolute Gasteiger partial charge is 0.357 e. The average molecular weight is 317 g/mol. The number of guanidine groups is 1. The Morgan fingerprint density at radius 1 is 1.29 bits per heavy atom. The number of nitrogens with one attached hydrogen (secondary N) is 1. The topological polar surface area (TPSA) is 61.8 Å². The predicted octanol–water partition coefficient (Wildman–Crippen LogP) is 2.06. The smallest absolute Gasteiger partial charge is 0.193 e. The molecule has 0 fully saturated rings. The number of hydrogen-bond donors (Lipinski definition) is 1. The van der Waals surface area contributed by atoms with Crippen LogP contribution in [0.25, 0.3) is 0 Å². The third kappa shape index (κ3) is 12.4. The van der Waals surface area contributed by atoms with E-state index in [4.69, 9.17) is 0 Å². The maximum Gasteiger partial charge on any atom is 0.193 e. The Labute approximate surface area is 130 Å². The number of allylic oxidation sites excluding steroid dienone is 1. The predicted molar refractivity (Wildman–Crippen MR) is 91.6 cm³/mol. The molecule has 0 aromatic carbocycles. The van der Waals surface area contributed by atoms with Gasteiger partial charge in [-0.15, -0.1) is 6.58 Å². The highest BCUT2D eigenvalue weighted by molar-refractivity contribution is 7.90. The van der Waals surface area contributed by atoms with Crippen molar-refractivity contribution >= 4 is 15.8 Å². The van der Waals surface area contributed by atoms with E-state index in [2.05, 4.69) is 21.8 Å². The summed E-state index contributed by atoms with van der Waals surface area (Å²) < 4.78 is 22.2. The molecule has 0 atom stereocenters. The Morgan fingerprint density at radius 3 is 2.57 bits per heavy atom. The molecule has 0 saturated carbocycles. The highest BCUT2D eigenvalue weighted by Crippen LogP contribution is 2.02. The van der Waals surface area contributed by atoms with Crippen LogP contribution < -0.4 is 5.32 Å². The van der Waals surface area contributed by atoms with Crippen molar-refractivity contribution < 1.29 is 8.42 Å². The normalized spacial score (nSPS) is 12.2. The van der Waals surface area contributed by atoms with Gasteiger partial charge in [0, 0.05) is 32.9 Å². The molecule has 0 aromatic rings. The summed E-state index contributed by atoms with van der Waals surface area (Å²) in [6.07, 6.45) is 8.35. The molecule has 21 heavy (non-hydrogen) atoms. The van der Waals surface area contributed by atoms with Gasteiger partial charge in [-0.05, 0) is 32.6 Å². The molecule has 0 rings (SSSR count). The van der Waals surface area contributed by atoms with Crippen molar-refractivity contribution in [2.75, 3.05) is 38.7 Å². The van der Waals surface area contributed by atoms with Gasteiger partial charge in [0.25, 0.3) is 0 Å². The van der Waals surface area contributed by atoms with E-state index in [0.717, 1.165) is 31.9 Å². The third-order valence-electron chi connectivity index (χ3n) is 3.03. The number of rotatable bonds is 11. The molecule has 0 unspecified atom stereocenters. The molecule has 124 valence electrons. The van der Waals surface area contributed by atoms with Gasteiger partial charge in [0.2, 0.25) is 0 Å². The van der Waals surface area contributed by atoms with E-state index in [1.807, 2.05) is 20.0 Å². The Balaban J connectivity index is 4.15. The van der Waals surface area contributed by atoms with E-state index in [1.54, 1.807) is 0 Å². The molecule has 0 bridgehead atoms. The fourth-order valence-corrected chi connectivity index (χ4v) is 2.56. The summed E-state index contributed by atoms with van der Waals surface area (Å²) in [6.45, 7) is 8.06. The fraction of sp³-hybridized carbons (Fsp3) is 0.800. The molecule has 0 radical (unpaired) electrons. The molecule has 0 aliphatic rings. The number of sulfone groups is 1. The van der Waals surface area contributed by atoms with Crippen molar-refractivity contribution in [3.8, 4) is 0 Å². The lowest BCUT2D eigenvalue weighted by Gasteiger charge is -2.22. The minimum Gasteiger partial charge on any atom is -0.357 e. The highest BCUT2D eigenvalue weighted by Gasteiger charge is 2.05. The molecule has 5 nitrogen and oxygen atoms in total. The number of unbranched alkanes of at least 4 members (excludes halogenated alkanes) is 3. The van der Waals surface area contributed by atoms with Gasteiger partial charge in [0.15, 0.2) is 5.96 Å². The van der Waals surface area contributed by atoms with E-state index in [1.165, 1.54) is 19.1 Å². The SMILES string of the molecule is C=CCCCCCN(C)C(=NCCCS(C)(=O)=O)NCC. The second kappa shape index (κ2) is 11.6. The molecule has 0 aliphatic heterocycles. The lowest BCUT2D eigenvalue weighted by atomic mass is 10.2. The molecule has 0 spiro atoms. The van der Waals surface area contributed by atoms with E-state index in [9.17, 15) is 8.42 Å². The monoisotopic (exact) mass is 317 g/mol. The lowest BCUT2D eigenvalue weighted by molar-refractivity contribution is 0.455. The van der Waals surface area contributed by atoms with Crippen LogP contribution in [0.4, 0.5) is 0 Å². The summed E-state index contributed by atoms with van der Waals surface area (Å²) in [6, 6.07) is 0. The van der Waals surface area contributed by atoms with Crippen LogP contribution in [0.3, 0.4) is 0 Å². The average Bonchev–Trinajstić information content (AvgIpc) is 2.40. The van der Waals surface area contributed by atoms with Crippen LogP contribution >= 0.6 is 0 Å². The number of nitrogens with zero attached hydrogens (tertiary/aromatic N) is 2. The molecule has 0 aromatic heterocycles. The zero-order chi connectivity index (χ0) is 16.1. The van der Waals surface area contributed by atoms with Crippen molar-refractivity contribution in [2.45, 2.75) is 39.0 Å². The second-order valence-corrected chi connectivity index (χ2v) is 7.54. The van der Waals surface area contributed by atoms with Crippen molar-refractivity contribution in [3.63, 3.8) is 0 Å². The van der Waals surface area contributed by atoms with Crippen LogP contribution in [0.1, 0.15) is 39.0 Å². The van der Waals surface area contributed by atoms with Gasteiger partial charge < -0.3 is 10.2 Å². The molecule has 1 N–H and O–H groups in total. The van der Waals surface area contributed by atoms with Crippen LogP contribution in [-0.2, 0) is 9.84 Å². The van der Waals surface area contributed by atoms with Gasteiger partial charge >= 0.3 is 0 Å². The first-order valence-electron chi connectivity index (χ1n) is 7.68. The van der Waals surface area contributed by atoms with Crippen LogP contribution in [0, 0.1) is 0 Å². The molecule has 0 saturated heterocycles. The first kappa shape index (κ1) is 20.0. The molecule has 0 amide bonds. The maximum atomic E-state index is 11.1. The van der Waals surface area contributed by atoms with E-state index < -0.39 is 9.84 Å². The summed E-state index contributed by atoms with van der Waals surface area (Å²) in [5.74, 6) is 1.05. The molecule has 0 heterocycles. The molecular weight excluding hydrogens is 286 g/mol. The van der Waals surface area contributed by atoms with Crippen molar-refractivity contribution in [1.29, 1.82) is 0 Å². The first-order chi connectivity index (χ1) is 9.90. The Hall–Kier alpha value is -1.04. The minimum absolute atomic E-state index is 0.196. The Bertz CT molecular complexity index is 405. The first-order valence-corrected chi connectivity index (χ1v) is 9.74. The van der Waals surface area contributed by atoms with Gasteiger partial charge in [-0.1, -0.05) is 12.5 Å². The third-order valence-corrected chi connectivity index (χ3v) is 4.06. The molecule has 0 aliphatic carbocycles. The van der Waals surface area contributed by atoms with E-state index in [0.29, 0.717) is 13.0 Å². The molecule has 6 heteroatoms. The highest BCUT2D eigenvalue weighted by atomic mass is 32.2. The number of hydrogen-bond acceptors (Lipinski definition) is 3. The van der Waals surface area contributed by atoms with E-state index >= 15 is 0 Å². The van der Waals surface area contributed by atoms with Crippen molar-refractivity contribution in [2.24, 2.45) is 4.99 Å². The zero-order valence-corrected chi connectivity index (χ0v) is 14.6. The van der Waals surface area contributed by atoms with Gasteiger partial charge in [-0.3, -0.25) is 4.99 Å². The summed E-state index contributed by atoms with van der Waals surface area (Å²) in [4.78, 5) is 6.59. The van der Waals surface area contributed by atoms with Gasteiger partial charge in [0.05, 0.1) is 5.75 Å². The van der Waals surface area contributed by atoms with Gasteiger partial charge in [-0.2, -0.15) is 0 Å². The summed E-state index contributed by atoms with van der Waals surface area (Å²) >= 11 is 0. The minimum atomic E-state index is -2.89. The van der Waals surface area contributed by atoms with Crippen LogP contribution in [0.15, 0.2) is 17.6 Å². The summed E-state index contributed by atoms with van der Waals surface area (Å²) in [5, 5.41) is 3.24. The maximum absolute atomic E-state index is 11.1. The van der Waals surface area contributed by atoms with Crippen LogP contribution in [0.5, 0.6) is 0 Å². The van der Waals surface area contributed by atoms with Crippen LogP contribution in [-0.4, -0.2) is 58.0 Å². The summed E-state index contributed by atoms with van der Waals surface area (Å²) in [7, 11) is -0.870. The standard InChI is InChI=1S/C15H31N3O2S/c1-5-7-8-9-10-13-18(3)15(16-6-2)17-12-11-14-21(4,19)20/h5H,1,6-14H2,2-4H3,(H,16,17). The van der Waals surface area contributed by atoms with Gasteiger partial charge in [-0.25, -0.2) is 8.42 Å². The zero-order valence-electron chi connectivity index (χ0n) is 13.8.